The van der Waals surface area contributed by atoms with E-state index in [9.17, 15) is 14.9 Å². The van der Waals surface area contributed by atoms with Crippen LogP contribution >= 0.6 is 0 Å². The number of hydrogen-bond acceptors (Lipinski definition) is 6. The number of ether oxygens (including phenoxy) is 2. The minimum Gasteiger partial charge on any atom is -0.487 e. The van der Waals surface area contributed by atoms with Gasteiger partial charge >= 0.3 is 5.97 Å². The van der Waals surface area contributed by atoms with Gasteiger partial charge in [-0.1, -0.05) is 26.7 Å². The molecular formula is C25H35F2NO6. The van der Waals surface area contributed by atoms with E-state index in [-0.39, 0.29) is 49.0 Å². The third-order valence-corrected chi connectivity index (χ3v) is 7.07. The molecule has 34 heavy (non-hydrogen) atoms. The molecule has 0 spiro atoms. The molecule has 0 saturated heterocycles. The minimum atomic E-state index is -3.09. The van der Waals surface area contributed by atoms with Crippen LogP contribution in [0.2, 0.25) is 0 Å². The van der Waals surface area contributed by atoms with E-state index in [1.807, 2.05) is 20.8 Å². The molecule has 1 saturated carbocycles. The maximum atomic E-state index is 15.1. The Morgan fingerprint density at radius 2 is 2.03 bits per heavy atom. The van der Waals surface area contributed by atoms with Gasteiger partial charge in [0.1, 0.15) is 17.1 Å². The highest BCUT2D eigenvalue weighted by atomic mass is 19.3. The van der Waals surface area contributed by atoms with Crippen LogP contribution in [0.15, 0.2) is 12.1 Å². The number of carbonyl (C=O) groups excluding carboxylic acids is 1. The molecule has 0 amide bonds. The number of unbranched alkanes of at least 4 members (excludes halogenated alkanes) is 1. The van der Waals surface area contributed by atoms with E-state index >= 15 is 8.78 Å². The van der Waals surface area contributed by atoms with Gasteiger partial charge in [0, 0.05) is 29.9 Å². The number of halogens is 2. The zero-order chi connectivity index (χ0) is 25.1. The van der Waals surface area contributed by atoms with Crippen molar-refractivity contribution in [3.05, 3.63) is 33.4 Å². The van der Waals surface area contributed by atoms with Crippen LogP contribution in [-0.4, -0.2) is 23.3 Å². The first kappa shape index (κ1) is 26.2. The largest absolute Gasteiger partial charge is 0.487 e. The Labute approximate surface area is 199 Å². The maximum Gasteiger partial charge on any atom is 0.311 e. The highest BCUT2D eigenvalue weighted by Crippen LogP contribution is 2.56. The molecule has 1 fully saturated rings. The summed E-state index contributed by atoms with van der Waals surface area (Å²) in [6.45, 7) is 7.77. The molecule has 3 atom stereocenters. The van der Waals surface area contributed by atoms with Gasteiger partial charge in [-0.15, -0.1) is 10.1 Å². The van der Waals surface area contributed by atoms with E-state index in [0.29, 0.717) is 30.1 Å². The lowest BCUT2D eigenvalue weighted by Gasteiger charge is -2.49. The third-order valence-electron chi connectivity index (χ3n) is 7.07. The first-order valence-electron chi connectivity index (χ1n) is 12.2. The van der Waals surface area contributed by atoms with E-state index in [2.05, 4.69) is 11.8 Å². The van der Waals surface area contributed by atoms with Crippen LogP contribution in [0.25, 0.3) is 0 Å². The number of fused-ring (bicyclic) bond motifs is 3. The molecule has 1 aromatic carbocycles. The summed E-state index contributed by atoms with van der Waals surface area (Å²) in [6, 6.07) is 2.71. The molecule has 0 N–H and O–H groups in total. The smallest absolute Gasteiger partial charge is 0.311 e. The Balaban J connectivity index is 1.97. The molecule has 1 unspecified atom stereocenters. The third kappa shape index (κ3) is 5.96. The summed E-state index contributed by atoms with van der Waals surface area (Å²) in [7, 11) is 0. The summed E-state index contributed by atoms with van der Waals surface area (Å²) in [6.07, 6.45) is 3.51. The van der Waals surface area contributed by atoms with Crippen molar-refractivity contribution in [2.45, 2.75) is 96.5 Å². The fraction of sp³-hybridized carbons (Fsp3) is 0.720. The highest BCUT2D eigenvalue weighted by Gasteiger charge is 2.48. The quantitative estimate of drug-likeness (QED) is 0.123. The van der Waals surface area contributed by atoms with E-state index in [0.717, 1.165) is 19.3 Å². The van der Waals surface area contributed by atoms with Crippen molar-refractivity contribution in [2.75, 3.05) is 6.61 Å². The number of benzene rings is 1. The summed E-state index contributed by atoms with van der Waals surface area (Å²) in [5.74, 6) is -2.60. The Morgan fingerprint density at radius 3 is 2.71 bits per heavy atom. The van der Waals surface area contributed by atoms with Crippen molar-refractivity contribution >= 4 is 5.97 Å². The van der Waals surface area contributed by atoms with Gasteiger partial charge in [0.2, 0.25) is 0 Å². The highest BCUT2D eigenvalue weighted by molar-refractivity contribution is 5.73. The average Bonchev–Trinajstić information content (AvgIpc) is 2.74. The normalized spacial score (nSPS) is 23.3. The van der Waals surface area contributed by atoms with Crippen molar-refractivity contribution < 1.29 is 33.0 Å². The van der Waals surface area contributed by atoms with Crippen LogP contribution in [0.4, 0.5) is 8.78 Å². The van der Waals surface area contributed by atoms with Gasteiger partial charge in [-0.05, 0) is 63.5 Å². The molecule has 1 aliphatic heterocycles. The number of rotatable bonds is 10. The lowest BCUT2D eigenvalue weighted by atomic mass is 9.64. The maximum absolute atomic E-state index is 15.1. The van der Waals surface area contributed by atoms with E-state index in [1.165, 1.54) is 12.1 Å². The second-order valence-electron chi connectivity index (χ2n) is 10.2. The van der Waals surface area contributed by atoms with E-state index in [4.69, 9.17) is 9.47 Å². The predicted octanol–water partition coefficient (Wildman–Crippen LogP) is 6.55. The lowest BCUT2D eigenvalue weighted by molar-refractivity contribution is -0.757. The summed E-state index contributed by atoms with van der Waals surface area (Å²) < 4.78 is 42.1. The number of alkyl halides is 2. The Kier molecular flexibility index (Phi) is 8.03. The first-order valence-corrected chi connectivity index (χ1v) is 12.2. The summed E-state index contributed by atoms with van der Waals surface area (Å²) in [5, 5.41) is 9.37. The van der Waals surface area contributed by atoms with Crippen molar-refractivity contribution in [3.8, 4) is 11.5 Å². The van der Waals surface area contributed by atoms with Gasteiger partial charge in [0.05, 0.1) is 6.61 Å². The van der Waals surface area contributed by atoms with Crippen LogP contribution in [0.5, 0.6) is 11.5 Å². The van der Waals surface area contributed by atoms with Gasteiger partial charge < -0.3 is 14.3 Å². The molecule has 0 bridgehead atoms. The van der Waals surface area contributed by atoms with Gasteiger partial charge in [-0.25, -0.2) is 8.78 Å². The van der Waals surface area contributed by atoms with Crippen LogP contribution in [0.3, 0.4) is 0 Å². The van der Waals surface area contributed by atoms with Crippen molar-refractivity contribution in [1.82, 2.24) is 0 Å². The topological polar surface area (TPSA) is 87.9 Å². The Bertz CT molecular complexity index is 904. The van der Waals surface area contributed by atoms with Gasteiger partial charge in [0.15, 0.2) is 0 Å². The van der Waals surface area contributed by atoms with Crippen LogP contribution in [0.1, 0.15) is 96.1 Å². The molecule has 1 aromatic rings. The zero-order valence-electron chi connectivity index (χ0n) is 20.4. The second kappa shape index (κ2) is 10.4. The molecule has 2 aliphatic rings. The van der Waals surface area contributed by atoms with Gasteiger partial charge in [0.25, 0.3) is 11.0 Å². The van der Waals surface area contributed by atoms with Gasteiger partial charge in [-0.2, -0.15) is 0 Å². The SMILES string of the molecule is CCCCC(F)(F)c1cc(OC(=O)CCCO[N+](=O)[O-])c2c(c1)OC(C)(C)[C@@H]1CCC(C)C[C@@H]21. The summed E-state index contributed by atoms with van der Waals surface area (Å²) >= 11 is 0. The molecule has 9 heteroatoms. The van der Waals surface area contributed by atoms with Crippen molar-refractivity contribution in [3.63, 3.8) is 0 Å². The molecule has 0 radical (unpaired) electrons. The van der Waals surface area contributed by atoms with E-state index < -0.39 is 22.6 Å². The number of esters is 1. The van der Waals surface area contributed by atoms with Crippen LogP contribution < -0.4 is 9.47 Å². The minimum absolute atomic E-state index is 0.0291. The number of carbonyl (C=O) groups is 1. The van der Waals surface area contributed by atoms with Crippen molar-refractivity contribution in [1.29, 1.82) is 0 Å². The second-order valence-corrected chi connectivity index (χ2v) is 10.2. The van der Waals surface area contributed by atoms with Crippen LogP contribution in [-0.2, 0) is 15.6 Å². The fourth-order valence-electron chi connectivity index (χ4n) is 5.31. The standard InChI is InChI=1S/C25H35F2NO6/c1-5-6-11-25(26,27)17-14-20(33-22(29)8-7-12-32-28(30)31)23-18-13-16(2)9-10-19(18)24(3,4)34-21(23)15-17/h14-16,18-19H,5-13H2,1-4H3/t16?,18-,19-/m1/s1. The van der Waals surface area contributed by atoms with Crippen LogP contribution in [0, 0.1) is 22.0 Å². The lowest BCUT2D eigenvalue weighted by Crippen LogP contribution is -2.47. The molecule has 1 heterocycles. The first-order chi connectivity index (χ1) is 15.9. The summed E-state index contributed by atoms with van der Waals surface area (Å²) in [5.41, 5.74) is -0.0749. The Morgan fingerprint density at radius 1 is 1.29 bits per heavy atom. The molecule has 190 valence electrons. The predicted molar refractivity (Wildman–Crippen MR) is 122 cm³/mol. The zero-order valence-corrected chi connectivity index (χ0v) is 20.4. The number of hydrogen-bond donors (Lipinski definition) is 0. The number of nitrogens with zero attached hydrogens (tertiary/aromatic N) is 1. The fourth-order valence-corrected chi connectivity index (χ4v) is 5.31. The average molecular weight is 484 g/mol. The Hall–Kier alpha value is -2.45. The van der Waals surface area contributed by atoms with E-state index in [1.54, 1.807) is 0 Å². The molecule has 1 aliphatic carbocycles. The van der Waals surface area contributed by atoms with Gasteiger partial charge in [-0.3, -0.25) is 4.79 Å². The molecular weight excluding hydrogens is 448 g/mol. The summed E-state index contributed by atoms with van der Waals surface area (Å²) in [4.78, 5) is 27.1. The monoisotopic (exact) mass is 483 g/mol. The molecule has 3 rings (SSSR count). The molecule has 7 nitrogen and oxygen atoms in total. The molecule has 0 aromatic heterocycles. The van der Waals surface area contributed by atoms with Crippen molar-refractivity contribution in [2.24, 2.45) is 11.8 Å².